The van der Waals surface area contributed by atoms with Gasteiger partial charge < -0.3 is 10.1 Å². The number of sulfonamides is 1. The second kappa shape index (κ2) is 5.19. The van der Waals surface area contributed by atoms with Gasteiger partial charge >= 0.3 is 12.1 Å². The van der Waals surface area contributed by atoms with Crippen LogP contribution in [0.25, 0.3) is 0 Å². The van der Waals surface area contributed by atoms with Crippen molar-refractivity contribution in [1.82, 2.24) is 9.29 Å². The molecule has 1 aromatic heterocycles. The van der Waals surface area contributed by atoms with E-state index in [0.717, 1.165) is 22.6 Å². The molecule has 2 rings (SSSR count). The van der Waals surface area contributed by atoms with Gasteiger partial charge in [0.2, 0.25) is 10.0 Å². The first-order valence-electron chi connectivity index (χ1n) is 5.80. The highest BCUT2D eigenvalue weighted by atomic mass is 32.2. The highest BCUT2D eigenvalue weighted by Gasteiger charge is 2.37. The molecular weight excluding hydrogens is 313 g/mol. The van der Waals surface area contributed by atoms with E-state index in [2.05, 4.69) is 4.98 Å². The molecule has 1 aliphatic rings. The Labute approximate surface area is 117 Å². The van der Waals surface area contributed by atoms with Crippen LogP contribution in [-0.2, 0) is 10.0 Å². The van der Waals surface area contributed by atoms with Gasteiger partial charge in [-0.1, -0.05) is 6.08 Å². The Morgan fingerprint density at radius 2 is 2.05 bits per heavy atom. The number of carboxylic acids is 1. The molecule has 1 aliphatic heterocycles. The first-order valence-corrected chi connectivity index (χ1v) is 7.24. The molecular formula is C11H11F3N2O4S. The standard InChI is InChI=1S/C11H11F3N2O4S/c12-11(13,14)7-1-3-16(4-2-7)21(19,20)8-5-9(10(17)18)15-6-8/h1,5-6,15H,2-4H2,(H,17,18). The summed E-state index contributed by atoms with van der Waals surface area (Å²) in [5.74, 6) is -1.32. The van der Waals surface area contributed by atoms with Gasteiger partial charge in [-0.15, -0.1) is 0 Å². The number of hydrogen-bond donors (Lipinski definition) is 2. The number of H-pyrrole nitrogens is 1. The molecule has 0 aliphatic carbocycles. The van der Waals surface area contributed by atoms with E-state index in [1.54, 1.807) is 0 Å². The summed E-state index contributed by atoms with van der Waals surface area (Å²) in [4.78, 5) is 12.7. The third-order valence-corrected chi connectivity index (χ3v) is 4.90. The smallest absolute Gasteiger partial charge is 0.412 e. The molecule has 0 atom stereocenters. The summed E-state index contributed by atoms with van der Waals surface area (Å²) in [7, 11) is -4.02. The normalized spacial score (nSPS) is 17.6. The molecule has 21 heavy (non-hydrogen) atoms. The summed E-state index contributed by atoms with van der Waals surface area (Å²) in [6.07, 6.45) is -3.06. The number of alkyl halides is 3. The van der Waals surface area contributed by atoms with Gasteiger partial charge in [-0.25, -0.2) is 13.2 Å². The Bertz CT molecular complexity index is 691. The average molecular weight is 324 g/mol. The lowest BCUT2D eigenvalue weighted by Gasteiger charge is -2.26. The Balaban J connectivity index is 2.22. The summed E-state index contributed by atoms with van der Waals surface area (Å²) in [6.45, 7) is -0.702. The van der Waals surface area contributed by atoms with Crippen LogP contribution in [0.4, 0.5) is 13.2 Å². The molecule has 10 heteroatoms. The minimum atomic E-state index is -4.46. The van der Waals surface area contributed by atoms with Crippen molar-refractivity contribution in [2.75, 3.05) is 13.1 Å². The Hall–Kier alpha value is -1.81. The van der Waals surface area contributed by atoms with Crippen molar-refractivity contribution >= 4 is 16.0 Å². The average Bonchev–Trinajstić information content (AvgIpc) is 2.88. The number of carbonyl (C=O) groups is 1. The van der Waals surface area contributed by atoms with E-state index in [0.29, 0.717) is 0 Å². The summed E-state index contributed by atoms with van der Waals surface area (Å²) in [5.41, 5.74) is -1.06. The van der Waals surface area contributed by atoms with Crippen LogP contribution in [0.2, 0.25) is 0 Å². The lowest BCUT2D eigenvalue weighted by molar-refractivity contribution is -0.0953. The van der Waals surface area contributed by atoms with Gasteiger partial charge in [0, 0.05) is 24.9 Å². The largest absolute Gasteiger partial charge is 0.477 e. The molecule has 2 N–H and O–H groups in total. The molecule has 2 heterocycles. The maximum Gasteiger partial charge on any atom is 0.412 e. The molecule has 0 bridgehead atoms. The zero-order valence-electron chi connectivity index (χ0n) is 10.5. The van der Waals surface area contributed by atoms with Crippen LogP contribution in [0.1, 0.15) is 16.9 Å². The van der Waals surface area contributed by atoms with Gasteiger partial charge in [0.05, 0.1) is 0 Å². The van der Waals surface area contributed by atoms with Crippen molar-refractivity contribution < 1.29 is 31.5 Å². The zero-order valence-corrected chi connectivity index (χ0v) is 11.3. The number of hydrogen-bond acceptors (Lipinski definition) is 3. The molecule has 116 valence electrons. The SMILES string of the molecule is O=C(O)c1cc(S(=O)(=O)N2CC=C(C(F)(F)F)CC2)c[nH]1. The van der Waals surface area contributed by atoms with Gasteiger partial charge in [0.25, 0.3) is 0 Å². The number of nitrogens with one attached hydrogen (secondary N) is 1. The Kier molecular flexibility index (Phi) is 3.85. The lowest BCUT2D eigenvalue weighted by atomic mass is 10.1. The number of nitrogens with zero attached hydrogens (tertiary/aromatic N) is 1. The van der Waals surface area contributed by atoms with Crippen LogP contribution in [0.3, 0.4) is 0 Å². The van der Waals surface area contributed by atoms with Gasteiger partial charge in [-0.3, -0.25) is 0 Å². The van der Waals surface area contributed by atoms with Crippen LogP contribution in [0, 0.1) is 0 Å². The van der Waals surface area contributed by atoms with Gasteiger partial charge in [0.1, 0.15) is 10.6 Å². The molecule has 1 aromatic rings. The number of aromatic nitrogens is 1. The molecule has 0 aromatic carbocycles. The first-order chi connectivity index (χ1) is 9.62. The topological polar surface area (TPSA) is 90.5 Å². The highest BCUT2D eigenvalue weighted by molar-refractivity contribution is 7.89. The lowest BCUT2D eigenvalue weighted by Crippen LogP contribution is -2.36. The molecule has 0 amide bonds. The Morgan fingerprint density at radius 3 is 2.48 bits per heavy atom. The fraction of sp³-hybridized carbons (Fsp3) is 0.364. The molecule has 0 saturated carbocycles. The van der Waals surface area contributed by atoms with E-state index >= 15 is 0 Å². The van der Waals surface area contributed by atoms with Crippen LogP contribution in [0.5, 0.6) is 0 Å². The molecule has 6 nitrogen and oxygen atoms in total. The zero-order chi connectivity index (χ0) is 15.8. The van der Waals surface area contributed by atoms with E-state index in [1.807, 2.05) is 0 Å². The van der Waals surface area contributed by atoms with Crippen molar-refractivity contribution in [3.63, 3.8) is 0 Å². The van der Waals surface area contributed by atoms with Crippen molar-refractivity contribution in [3.05, 3.63) is 29.6 Å². The van der Waals surface area contributed by atoms with Gasteiger partial charge in [0.15, 0.2) is 0 Å². The summed E-state index contributed by atoms with van der Waals surface area (Å²) >= 11 is 0. The minimum absolute atomic E-state index is 0.288. The number of carboxylic acid groups (broad SMARTS) is 1. The highest BCUT2D eigenvalue weighted by Crippen LogP contribution is 2.31. The van der Waals surface area contributed by atoms with E-state index in [1.165, 1.54) is 0 Å². The van der Waals surface area contributed by atoms with Crippen molar-refractivity contribution in [1.29, 1.82) is 0 Å². The molecule has 0 spiro atoms. The third-order valence-electron chi connectivity index (χ3n) is 3.06. The number of halogens is 3. The van der Waals surface area contributed by atoms with E-state index in [4.69, 9.17) is 5.11 Å². The summed E-state index contributed by atoms with van der Waals surface area (Å²) < 4.78 is 62.7. The van der Waals surface area contributed by atoms with Crippen LogP contribution >= 0.6 is 0 Å². The fourth-order valence-electron chi connectivity index (χ4n) is 1.92. The second-order valence-electron chi connectivity index (χ2n) is 4.39. The van der Waals surface area contributed by atoms with Crippen LogP contribution in [0.15, 0.2) is 28.8 Å². The molecule has 0 fully saturated rings. The van der Waals surface area contributed by atoms with Gasteiger partial charge in [-0.2, -0.15) is 17.5 Å². The number of rotatable bonds is 3. The van der Waals surface area contributed by atoms with Crippen molar-refractivity contribution in [3.8, 4) is 0 Å². The quantitative estimate of drug-likeness (QED) is 0.826. The number of aromatic amines is 1. The maximum absolute atomic E-state index is 12.5. The van der Waals surface area contributed by atoms with Crippen molar-refractivity contribution in [2.24, 2.45) is 0 Å². The predicted octanol–water partition coefficient (Wildman–Crippen LogP) is 1.60. The molecule has 0 unspecified atom stereocenters. The molecule has 0 radical (unpaired) electrons. The number of aromatic carboxylic acids is 1. The summed E-state index contributed by atoms with van der Waals surface area (Å²) in [6, 6.07) is 0.931. The Morgan fingerprint density at radius 1 is 1.38 bits per heavy atom. The monoisotopic (exact) mass is 324 g/mol. The van der Waals surface area contributed by atoms with Crippen LogP contribution < -0.4 is 0 Å². The van der Waals surface area contributed by atoms with E-state index < -0.39 is 40.7 Å². The van der Waals surface area contributed by atoms with E-state index in [9.17, 15) is 26.4 Å². The van der Waals surface area contributed by atoms with Gasteiger partial charge in [-0.05, 0) is 12.5 Å². The van der Waals surface area contributed by atoms with E-state index in [-0.39, 0.29) is 17.1 Å². The van der Waals surface area contributed by atoms with Crippen LogP contribution in [-0.4, -0.2) is 48.0 Å². The van der Waals surface area contributed by atoms with Crippen molar-refractivity contribution in [2.45, 2.75) is 17.5 Å². The first kappa shape index (κ1) is 15.6. The second-order valence-corrected chi connectivity index (χ2v) is 6.33. The predicted molar refractivity (Wildman–Crippen MR) is 65.3 cm³/mol. The summed E-state index contributed by atoms with van der Waals surface area (Å²) in [5, 5.41) is 8.72. The fourth-order valence-corrected chi connectivity index (χ4v) is 3.30. The third kappa shape index (κ3) is 3.10. The minimum Gasteiger partial charge on any atom is -0.477 e. The molecule has 0 saturated heterocycles. The maximum atomic E-state index is 12.5.